The van der Waals surface area contributed by atoms with Gasteiger partial charge in [-0.25, -0.2) is 0 Å². The second kappa shape index (κ2) is 4.84. The summed E-state index contributed by atoms with van der Waals surface area (Å²) in [5.74, 6) is 3.20. The molecule has 122 valence electrons. The van der Waals surface area contributed by atoms with Crippen molar-refractivity contribution in [2.75, 3.05) is 21.0 Å². The van der Waals surface area contributed by atoms with E-state index in [2.05, 4.69) is 28.8 Å². The summed E-state index contributed by atoms with van der Waals surface area (Å²) in [5, 5.41) is 1.15. The molecule has 0 N–H and O–H groups in total. The highest BCUT2D eigenvalue weighted by atomic mass is 16.7. The van der Waals surface area contributed by atoms with E-state index in [1.54, 1.807) is 14.2 Å². The molecule has 24 heavy (non-hydrogen) atoms. The number of methoxy groups -OCH3 is 2. The summed E-state index contributed by atoms with van der Waals surface area (Å²) in [6, 6.07) is 10.4. The van der Waals surface area contributed by atoms with Crippen molar-refractivity contribution >= 4 is 10.9 Å². The standard InChI is InChI=1S/C19H17NO4/c1-21-15-4-3-12-7-14-13-9-17-16(23-10-24-17)8-11(13)5-6-20(14)18(12)19(15)22-2/h3-4,7-9H,5-6,10H2,1-2H3. The van der Waals surface area contributed by atoms with E-state index >= 15 is 0 Å². The summed E-state index contributed by atoms with van der Waals surface area (Å²) >= 11 is 0. The van der Waals surface area contributed by atoms with Gasteiger partial charge in [0.25, 0.3) is 0 Å². The fourth-order valence-corrected chi connectivity index (χ4v) is 3.78. The molecule has 0 saturated heterocycles. The molecule has 1 aromatic heterocycles. The van der Waals surface area contributed by atoms with Gasteiger partial charge in [0.2, 0.25) is 6.79 Å². The van der Waals surface area contributed by atoms with Gasteiger partial charge in [0.15, 0.2) is 23.0 Å². The Morgan fingerprint density at radius 3 is 2.62 bits per heavy atom. The molecule has 0 saturated carbocycles. The van der Waals surface area contributed by atoms with Crippen LogP contribution in [0.3, 0.4) is 0 Å². The van der Waals surface area contributed by atoms with Crippen molar-refractivity contribution < 1.29 is 18.9 Å². The number of benzene rings is 2. The van der Waals surface area contributed by atoms with Crippen molar-refractivity contribution in [1.82, 2.24) is 4.57 Å². The fraction of sp³-hybridized carbons (Fsp3) is 0.263. The van der Waals surface area contributed by atoms with Crippen LogP contribution in [0.1, 0.15) is 5.56 Å². The van der Waals surface area contributed by atoms with E-state index in [0.717, 1.165) is 46.9 Å². The van der Waals surface area contributed by atoms with Gasteiger partial charge in [-0.3, -0.25) is 0 Å². The molecule has 2 aromatic carbocycles. The number of hydrogen-bond donors (Lipinski definition) is 0. The van der Waals surface area contributed by atoms with Crippen LogP contribution in [0, 0.1) is 0 Å². The van der Waals surface area contributed by atoms with Crippen LogP contribution in [0.5, 0.6) is 23.0 Å². The first-order valence-electron chi connectivity index (χ1n) is 7.97. The second-order valence-corrected chi connectivity index (χ2v) is 6.03. The Labute approximate surface area is 139 Å². The summed E-state index contributed by atoms with van der Waals surface area (Å²) < 4.78 is 24.5. The van der Waals surface area contributed by atoms with E-state index in [1.165, 1.54) is 16.8 Å². The number of ether oxygens (including phenoxy) is 4. The van der Waals surface area contributed by atoms with Crippen LogP contribution in [0.15, 0.2) is 30.3 Å². The molecular weight excluding hydrogens is 306 g/mol. The lowest BCUT2D eigenvalue weighted by Crippen LogP contribution is -2.10. The maximum Gasteiger partial charge on any atom is 0.231 e. The summed E-state index contributed by atoms with van der Waals surface area (Å²) in [6.45, 7) is 1.20. The number of hydrogen-bond acceptors (Lipinski definition) is 4. The van der Waals surface area contributed by atoms with Gasteiger partial charge >= 0.3 is 0 Å². The Morgan fingerprint density at radius 2 is 1.83 bits per heavy atom. The Balaban J connectivity index is 1.80. The fourth-order valence-electron chi connectivity index (χ4n) is 3.78. The van der Waals surface area contributed by atoms with E-state index < -0.39 is 0 Å². The molecule has 0 aliphatic carbocycles. The minimum atomic E-state index is 0.298. The highest BCUT2D eigenvalue weighted by Gasteiger charge is 2.25. The molecule has 0 spiro atoms. The van der Waals surface area contributed by atoms with Crippen molar-refractivity contribution in [3.05, 3.63) is 35.9 Å². The molecule has 0 atom stereocenters. The smallest absolute Gasteiger partial charge is 0.231 e. The van der Waals surface area contributed by atoms with Crippen molar-refractivity contribution in [1.29, 1.82) is 0 Å². The molecule has 5 heteroatoms. The third-order valence-electron chi connectivity index (χ3n) is 4.88. The highest BCUT2D eigenvalue weighted by molar-refractivity contribution is 5.94. The highest BCUT2D eigenvalue weighted by Crippen LogP contribution is 2.45. The van der Waals surface area contributed by atoms with Crippen LogP contribution in [-0.4, -0.2) is 25.6 Å². The molecule has 0 radical (unpaired) electrons. The van der Waals surface area contributed by atoms with Gasteiger partial charge in [-0.1, -0.05) is 0 Å². The molecule has 5 nitrogen and oxygen atoms in total. The van der Waals surface area contributed by atoms with Crippen LogP contribution in [0.4, 0.5) is 0 Å². The third kappa shape index (κ3) is 1.69. The lowest BCUT2D eigenvalue weighted by Gasteiger charge is -2.21. The summed E-state index contributed by atoms with van der Waals surface area (Å²) in [5.41, 5.74) is 4.74. The van der Waals surface area contributed by atoms with Gasteiger partial charge in [-0.2, -0.15) is 0 Å². The number of rotatable bonds is 2. The normalized spacial score (nSPS) is 14.4. The largest absolute Gasteiger partial charge is 0.493 e. The van der Waals surface area contributed by atoms with Crippen molar-refractivity contribution in [2.45, 2.75) is 13.0 Å². The predicted octanol–water partition coefficient (Wildman–Crippen LogP) is 3.61. The minimum Gasteiger partial charge on any atom is -0.493 e. The molecular formula is C19H17NO4. The van der Waals surface area contributed by atoms with Crippen molar-refractivity contribution in [2.24, 2.45) is 0 Å². The van der Waals surface area contributed by atoms with Gasteiger partial charge in [0, 0.05) is 23.2 Å². The van der Waals surface area contributed by atoms with Gasteiger partial charge < -0.3 is 23.5 Å². The molecule has 5 rings (SSSR count). The SMILES string of the molecule is COc1ccc2cc3n(c2c1OC)CCc1cc2c(cc1-3)OCO2. The van der Waals surface area contributed by atoms with E-state index in [1.807, 2.05) is 6.07 Å². The second-order valence-electron chi connectivity index (χ2n) is 6.03. The Bertz CT molecular complexity index is 973. The lowest BCUT2D eigenvalue weighted by molar-refractivity contribution is 0.174. The number of fused-ring (bicyclic) bond motifs is 6. The van der Waals surface area contributed by atoms with Gasteiger partial charge in [0.05, 0.1) is 19.7 Å². The Hall–Kier alpha value is -2.82. The Morgan fingerprint density at radius 1 is 1.00 bits per heavy atom. The van der Waals surface area contributed by atoms with Crippen LogP contribution in [-0.2, 0) is 13.0 Å². The quantitative estimate of drug-likeness (QED) is 0.722. The Kier molecular flexibility index (Phi) is 2.74. The topological polar surface area (TPSA) is 41.9 Å². The molecule has 3 aromatic rings. The van der Waals surface area contributed by atoms with Crippen LogP contribution in [0.25, 0.3) is 22.2 Å². The van der Waals surface area contributed by atoms with Crippen molar-refractivity contribution in [3.63, 3.8) is 0 Å². The minimum absolute atomic E-state index is 0.298. The zero-order valence-corrected chi connectivity index (χ0v) is 13.6. The first-order chi connectivity index (χ1) is 11.8. The molecule has 2 aliphatic heterocycles. The number of aryl methyl sites for hydroxylation is 2. The average Bonchev–Trinajstić information content (AvgIpc) is 3.22. The monoisotopic (exact) mass is 323 g/mol. The zero-order chi connectivity index (χ0) is 16.3. The number of aromatic nitrogens is 1. The maximum atomic E-state index is 5.65. The molecule has 0 bridgehead atoms. The van der Waals surface area contributed by atoms with E-state index in [9.17, 15) is 0 Å². The first-order valence-corrected chi connectivity index (χ1v) is 7.97. The van der Waals surface area contributed by atoms with Crippen LogP contribution in [0.2, 0.25) is 0 Å². The average molecular weight is 323 g/mol. The first kappa shape index (κ1) is 13.6. The molecule has 2 aliphatic rings. The van der Waals surface area contributed by atoms with Gasteiger partial charge in [-0.15, -0.1) is 0 Å². The summed E-state index contributed by atoms with van der Waals surface area (Å²) in [4.78, 5) is 0. The lowest BCUT2D eigenvalue weighted by atomic mass is 9.98. The van der Waals surface area contributed by atoms with Crippen LogP contribution >= 0.6 is 0 Å². The van der Waals surface area contributed by atoms with E-state index in [0.29, 0.717) is 6.79 Å². The summed E-state index contributed by atoms with van der Waals surface area (Å²) in [6.07, 6.45) is 0.948. The number of nitrogens with zero attached hydrogens (tertiary/aromatic N) is 1. The molecule has 0 amide bonds. The molecule has 0 fully saturated rings. The van der Waals surface area contributed by atoms with Crippen LogP contribution < -0.4 is 18.9 Å². The maximum absolute atomic E-state index is 5.65. The van der Waals surface area contributed by atoms with E-state index in [4.69, 9.17) is 18.9 Å². The zero-order valence-electron chi connectivity index (χ0n) is 13.6. The van der Waals surface area contributed by atoms with Gasteiger partial charge in [0.1, 0.15) is 0 Å². The molecule has 3 heterocycles. The third-order valence-corrected chi connectivity index (χ3v) is 4.88. The van der Waals surface area contributed by atoms with E-state index in [-0.39, 0.29) is 0 Å². The predicted molar refractivity (Wildman–Crippen MR) is 90.3 cm³/mol. The van der Waals surface area contributed by atoms with Crippen molar-refractivity contribution in [3.8, 4) is 34.3 Å². The summed E-state index contributed by atoms with van der Waals surface area (Å²) in [7, 11) is 3.35. The molecule has 0 unspecified atom stereocenters. The van der Waals surface area contributed by atoms with Gasteiger partial charge in [-0.05, 0) is 42.3 Å².